The van der Waals surface area contributed by atoms with Crippen LogP contribution in [0.3, 0.4) is 0 Å². The average molecular weight is 310 g/mol. The van der Waals surface area contributed by atoms with Crippen LogP contribution >= 0.6 is 23.2 Å². The molecule has 0 radical (unpaired) electrons. The maximum Gasteiger partial charge on any atom is 0.269 e. The Kier molecular flexibility index (Phi) is 4.63. The van der Waals surface area contributed by atoms with Crippen molar-refractivity contribution in [2.45, 2.75) is 18.7 Å². The van der Waals surface area contributed by atoms with E-state index in [2.05, 4.69) is 0 Å². The van der Waals surface area contributed by atoms with Gasteiger partial charge in [-0.25, -0.2) is 0 Å². The highest BCUT2D eigenvalue weighted by molar-refractivity contribution is 6.31. The monoisotopic (exact) mass is 309 g/mol. The third-order valence-corrected chi connectivity index (χ3v) is 3.94. The summed E-state index contributed by atoms with van der Waals surface area (Å²) in [4.78, 5) is 10.2. The quantitative estimate of drug-likeness (QED) is 0.449. The average Bonchev–Trinajstić information content (AvgIpc) is 2.42. The third kappa shape index (κ3) is 3.50. The van der Waals surface area contributed by atoms with Crippen LogP contribution < -0.4 is 0 Å². The summed E-state index contributed by atoms with van der Waals surface area (Å²) in [6, 6.07) is 12.1. The number of nitro benzene ring substituents is 1. The van der Waals surface area contributed by atoms with E-state index in [0.29, 0.717) is 11.4 Å². The van der Waals surface area contributed by atoms with E-state index in [9.17, 15) is 10.1 Å². The van der Waals surface area contributed by atoms with Gasteiger partial charge in [0.2, 0.25) is 0 Å². The van der Waals surface area contributed by atoms with E-state index in [0.717, 1.165) is 16.7 Å². The lowest BCUT2D eigenvalue weighted by atomic mass is 10.0. The van der Waals surface area contributed by atoms with Gasteiger partial charge in [-0.05, 0) is 36.1 Å². The second kappa shape index (κ2) is 6.25. The van der Waals surface area contributed by atoms with Crippen molar-refractivity contribution in [1.29, 1.82) is 0 Å². The van der Waals surface area contributed by atoms with Crippen molar-refractivity contribution >= 4 is 28.9 Å². The molecule has 0 N–H and O–H groups in total. The summed E-state index contributed by atoms with van der Waals surface area (Å²) in [6.45, 7) is 1.93. The summed E-state index contributed by atoms with van der Waals surface area (Å²) in [5.74, 6) is 0. The van der Waals surface area contributed by atoms with Gasteiger partial charge in [-0.2, -0.15) is 0 Å². The number of aryl methyl sites for hydroxylation is 1. The topological polar surface area (TPSA) is 43.1 Å². The van der Waals surface area contributed by atoms with Gasteiger partial charge in [-0.1, -0.05) is 35.9 Å². The zero-order chi connectivity index (χ0) is 14.7. The zero-order valence-corrected chi connectivity index (χ0v) is 12.4. The lowest BCUT2D eigenvalue weighted by Gasteiger charge is -2.11. The molecule has 1 unspecified atom stereocenters. The Labute approximate surface area is 127 Å². The summed E-state index contributed by atoms with van der Waals surface area (Å²) in [6.07, 6.45) is 0.612. The number of nitro groups is 1. The molecule has 0 bridgehead atoms. The summed E-state index contributed by atoms with van der Waals surface area (Å²) < 4.78 is 0. The van der Waals surface area contributed by atoms with Gasteiger partial charge in [0.1, 0.15) is 0 Å². The number of rotatable bonds is 4. The predicted octanol–water partition coefficient (Wildman–Crippen LogP) is 5.08. The smallest absolute Gasteiger partial charge is 0.258 e. The second-order valence-electron chi connectivity index (χ2n) is 4.60. The third-order valence-electron chi connectivity index (χ3n) is 3.11. The molecule has 1 atom stereocenters. The van der Waals surface area contributed by atoms with Gasteiger partial charge in [0.25, 0.3) is 5.69 Å². The molecule has 2 aromatic carbocycles. The van der Waals surface area contributed by atoms with E-state index in [1.807, 2.05) is 25.1 Å². The highest BCUT2D eigenvalue weighted by Gasteiger charge is 2.11. The molecular formula is C15H13Cl2NO2. The largest absolute Gasteiger partial charge is 0.269 e. The first-order valence-electron chi connectivity index (χ1n) is 6.11. The molecule has 20 heavy (non-hydrogen) atoms. The molecule has 0 aliphatic carbocycles. The molecule has 2 rings (SSSR count). The lowest BCUT2D eigenvalue weighted by molar-refractivity contribution is -0.384. The Bertz CT molecular complexity index is 626. The molecule has 0 saturated heterocycles. The van der Waals surface area contributed by atoms with Gasteiger partial charge >= 0.3 is 0 Å². The summed E-state index contributed by atoms with van der Waals surface area (Å²) >= 11 is 12.4. The fourth-order valence-corrected chi connectivity index (χ4v) is 2.37. The Morgan fingerprint density at radius 1 is 1.20 bits per heavy atom. The van der Waals surface area contributed by atoms with Crippen LogP contribution in [0.5, 0.6) is 0 Å². The van der Waals surface area contributed by atoms with E-state index in [4.69, 9.17) is 23.2 Å². The van der Waals surface area contributed by atoms with Crippen molar-refractivity contribution in [2.75, 3.05) is 0 Å². The minimum absolute atomic E-state index is 0.0854. The number of hydrogen-bond donors (Lipinski definition) is 0. The normalized spacial score (nSPS) is 12.2. The first kappa shape index (κ1) is 14.8. The van der Waals surface area contributed by atoms with Crippen molar-refractivity contribution in [1.82, 2.24) is 0 Å². The molecule has 0 amide bonds. The number of nitrogens with zero attached hydrogens (tertiary/aromatic N) is 1. The number of halogens is 2. The lowest BCUT2D eigenvalue weighted by Crippen LogP contribution is -1.97. The van der Waals surface area contributed by atoms with Gasteiger partial charge in [-0.15, -0.1) is 11.6 Å². The molecule has 104 valence electrons. The Balaban J connectivity index is 2.12. The maximum atomic E-state index is 10.6. The van der Waals surface area contributed by atoms with Crippen molar-refractivity contribution < 1.29 is 4.92 Å². The molecular weight excluding hydrogens is 297 g/mol. The molecule has 0 aromatic heterocycles. The molecule has 5 heteroatoms. The minimum Gasteiger partial charge on any atom is -0.258 e. The number of non-ortho nitro benzene ring substituents is 1. The molecule has 3 nitrogen and oxygen atoms in total. The molecule has 2 aromatic rings. The Morgan fingerprint density at radius 2 is 1.85 bits per heavy atom. The molecule has 0 aliphatic heterocycles. The fourth-order valence-electron chi connectivity index (χ4n) is 1.94. The van der Waals surface area contributed by atoms with E-state index >= 15 is 0 Å². The van der Waals surface area contributed by atoms with Crippen LogP contribution in [-0.4, -0.2) is 4.92 Å². The summed E-state index contributed by atoms with van der Waals surface area (Å²) in [5, 5.41) is 11.1. The second-order valence-corrected chi connectivity index (χ2v) is 5.54. The maximum absolute atomic E-state index is 10.6. The van der Waals surface area contributed by atoms with Gasteiger partial charge in [-0.3, -0.25) is 10.1 Å². The fraction of sp³-hybridized carbons (Fsp3) is 0.200. The van der Waals surface area contributed by atoms with E-state index in [1.54, 1.807) is 12.1 Å². The molecule has 0 spiro atoms. The van der Waals surface area contributed by atoms with E-state index in [1.165, 1.54) is 12.1 Å². The van der Waals surface area contributed by atoms with Gasteiger partial charge in [0.05, 0.1) is 10.3 Å². The molecule has 0 saturated carbocycles. The summed E-state index contributed by atoms with van der Waals surface area (Å²) in [7, 11) is 0. The standard InChI is InChI=1S/C15H13Cl2NO2/c1-10-8-12(4-7-14(10)16)15(17)9-11-2-5-13(6-3-11)18(19)20/h2-8,15H,9H2,1H3. The van der Waals surface area contributed by atoms with Gasteiger partial charge in [0, 0.05) is 17.2 Å². The van der Waals surface area contributed by atoms with Crippen LogP contribution in [0.1, 0.15) is 22.1 Å². The van der Waals surface area contributed by atoms with Crippen LogP contribution in [0, 0.1) is 17.0 Å². The van der Waals surface area contributed by atoms with Crippen molar-refractivity contribution in [3.63, 3.8) is 0 Å². The SMILES string of the molecule is Cc1cc(C(Cl)Cc2ccc([N+](=O)[O-])cc2)ccc1Cl. The van der Waals surface area contributed by atoms with Crippen LogP contribution in [0.4, 0.5) is 5.69 Å². The number of alkyl halides is 1. The zero-order valence-electron chi connectivity index (χ0n) is 10.8. The van der Waals surface area contributed by atoms with Crippen LogP contribution in [-0.2, 0) is 6.42 Å². The van der Waals surface area contributed by atoms with Crippen LogP contribution in [0.15, 0.2) is 42.5 Å². The Hall–Kier alpha value is -1.58. The highest BCUT2D eigenvalue weighted by atomic mass is 35.5. The van der Waals surface area contributed by atoms with Gasteiger partial charge in [0.15, 0.2) is 0 Å². The number of benzene rings is 2. The summed E-state index contributed by atoms with van der Waals surface area (Å²) in [5.41, 5.74) is 3.02. The van der Waals surface area contributed by atoms with Crippen molar-refractivity contribution in [2.24, 2.45) is 0 Å². The molecule has 0 heterocycles. The first-order chi connectivity index (χ1) is 9.47. The predicted molar refractivity (Wildman–Crippen MR) is 81.6 cm³/mol. The van der Waals surface area contributed by atoms with Crippen LogP contribution in [0.2, 0.25) is 5.02 Å². The Morgan fingerprint density at radius 3 is 2.40 bits per heavy atom. The molecule has 0 fully saturated rings. The van der Waals surface area contributed by atoms with E-state index in [-0.39, 0.29) is 11.1 Å². The first-order valence-corrected chi connectivity index (χ1v) is 6.92. The van der Waals surface area contributed by atoms with Crippen LogP contribution in [0.25, 0.3) is 0 Å². The highest BCUT2D eigenvalue weighted by Crippen LogP contribution is 2.28. The van der Waals surface area contributed by atoms with Crippen molar-refractivity contribution in [3.8, 4) is 0 Å². The van der Waals surface area contributed by atoms with Crippen molar-refractivity contribution in [3.05, 3.63) is 74.3 Å². The van der Waals surface area contributed by atoms with Gasteiger partial charge < -0.3 is 0 Å². The minimum atomic E-state index is -0.412. The molecule has 0 aliphatic rings. The number of hydrogen-bond acceptors (Lipinski definition) is 2. The van der Waals surface area contributed by atoms with E-state index < -0.39 is 4.92 Å².